The van der Waals surface area contributed by atoms with Crippen molar-refractivity contribution in [3.05, 3.63) is 87.8 Å². The van der Waals surface area contributed by atoms with Gasteiger partial charge in [0.15, 0.2) is 0 Å². The van der Waals surface area contributed by atoms with Crippen molar-refractivity contribution in [2.45, 2.75) is 9.79 Å². The maximum atomic E-state index is 12.8. The van der Waals surface area contributed by atoms with Gasteiger partial charge < -0.3 is 5.32 Å². The molecular formula is C22H18ClN3O2S. The third-order valence-electron chi connectivity index (χ3n) is 4.71. The molecule has 0 radical (unpaired) electrons. The highest BCUT2D eigenvalue weighted by atomic mass is 35.5. The molecule has 1 heterocycles. The van der Waals surface area contributed by atoms with Crippen LogP contribution in [0, 0.1) is 0 Å². The van der Waals surface area contributed by atoms with Gasteiger partial charge in [0.05, 0.1) is 21.7 Å². The number of benzene rings is 3. The summed E-state index contributed by atoms with van der Waals surface area (Å²) in [5.74, 6) is -0.216. The van der Waals surface area contributed by atoms with Gasteiger partial charge in [-0.15, -0.1) is 0 Å². The summed E-state index contributed by atoms with van der Waals surface area (Å²) in [5, 5.41) is 3.61. The van der Waals surface area contributed by atoms with E-state index in [-0.39, 0.29) is 11.6 Å². The van der Waals surface area contributed by atoms with Crippen LogP contribution in [0.4, 0.5) is 5.69 Å². The van der Waals surface area contributed by atoms with Crippen molar-refractivity contribution in [2.75, 3.05) is 5.32 Å². The van der Waals surface area contributed by atoms with E-state index in [4.69, 9.17) is 11.6 Å². The second kappa shape index (κ2) is 7.81. The number of fused-ring (bicyclic) bond motifs is 1. The SMILES string of the molecule is Cn1c(=O)n(C)c2cc(Sc3ccccc3Cl)c(NC(=O)c3ccccc3)cc21. The molecule has 3 aromatic carbocycles. The van der Waals surface area contributed by atoms with Gasteiger partial charge in [-0.25, -0.2) is 4.79 Å². The lowest BCUT2D eigenvalue weighted by Gasteiger charge is -2.13. The fourth-order valence-electron chi connectivity index (χ4n) is 3.14. The summed E-state index contributed by atoms with van der Waals surface area (Å²) in [4.78, 5) is 26.8. The summed E-state index contributed by atoms with van der Waals surface area (Å²) in [5.41, 5.74) is 2.58. The molecule has 0 unspecified atom stereocenters. The lowest BCUT2D eigenvalue weighted by molar-refractivity contribution is 0.102. The van der Waals surface area contributed by atoms with Crippen molar-refractivity contribution in [1.29, 1.82) is 0 Å². The first-order valence-corrected chi connectivity index (χ1v) is 10.1. The molecule has 0 atom stereocenters. The number of anilines is 1. The first kappa shape index (κ1) is 19.4. The number of hydrogen-bond donors (Lipinski definition) is 1. The van der Waals surface area contributed by atoms with Gasteiger partial charge in [0, 0.05) is 29.4 Å². The molecule has 0 spiro atoms. The van der Waals surface area contributed by atoms with Gasteiger partial charge in [-0.05, 0) is 36.4 Å². The number of hydrogen-bond acceptors (Lipinski definition) is 3. The van der Waals surface area contributed by atoms with E-state index in [1.807, 2.05) is 54.6 Å². The Kier molecular flexibility index (Phi) is 5.22. The summed E-state index contributed by atoms with van der Waals surface area (Å²) in [6.45, 7) is 0. The lowest BCUT2D eigenvalue weighted by atomic mass is 10.2. The van der Waals surface area contributed by atoms with E-state index in [1.165, 1.54) is 11.8 Å². The van der Waals surface area contributed by atoms with Gasteiger partial charge in [0.25, 0.3) is 5.91 Å². The molecular weight excluding hydrogens is 406 g/mol. The average Bonchev–Trinajstić information content (AvgIpc) is 2.94. The highest BCUT2D eigenvalue weighted by Crippen LogP contribution is 2.39. The molecule has 4 rings (SSSR count). The van der Waals surface area contributed by atoms with Crippen molar-refractivity contribution < 1.29 is 4.79 Å². The molecule has 0 fully saturated rings. The number of rotatable bonds is 4. The smallest absolute Gasteiger partial charge is 0.321 e. The molecule has 1 aromatic heterocycles. The normalized spacial score (nSPS) is 11.0. The highest BCUT2D eigenvalue weighted by molar-refractivity contribution is 7.99. The van der Waals surface area contributed by atoms with Gasteiger partial charge >= 0.3 is 5.69 Å². The Morgan fingerprint density at radius 1 is 0.897 bits per heavy atom. The van der Waals surface area contributed by atoms with Crippen LogP contribution >= 0.6 is 23.4 Å². The number of aromatic nitrogens is 2. The fraction of sp³-hybridized carbons (Fsp3) is 0.0909. The second-order valence-electron chi connectivity index (χ2n) is 6.59. The van der Waals surface area contributed by atoms with E-state index in [0.29, 0.717) is 16.3 Å². The summed E-state index contributed by atoms with van der Waals surface area (Å²) in [7, 11) is 3.45. The third kappa shape index (κ3) is 3.69. The predicted molar refractivity (Wildman–Crippen MR) is 118 cm³/mol. The largest absolute Gasteiger partial charge is 0.328 e. The number of imidazole rings is 1. The summed E-state index contributed by atoms with van der Waals surface area (Å²) in [6, 6.07) is 20.3. The number of aryl methyl sites for hydroxylation is 2. The predicted octanol–water partition coefficient (Wildman–Crippen LogP) is 4.93. The van der Waals surface area contributed by atoms with Crippen molar-refractivity contribution in [1.82, 2.24) is 9.13 Å². The van der Waals surface area contributed by atoms with E-state index in [2.05, 4.69) is 5.32 Å². The highest BCUT2D eigenvalue weighted by Gasteiger charge is 2.16. The summed E-state index contributed by atoms with van der Waals surface area (Å²) in [6.07, 6.45) is 0. The molecule has 5 nitrogen and oxygen atoms in total. The van der Waals surface area contributed by atoms with Crippen LogP contribution in [0.15, 0.2) is 81.3 Å². The van der Waals surface area contributed by atoms with Crippen LogP contribution in [0.5, 0.6) is 0 Å². The van der Waals surface area contributed by atoms with E-state index in [1.54, 1.807) is 35.4 Å². The minimum absolute atomic E-state index is 0.125. The zero-order valence-corrected chi connectivity index (χ0v) is 17.4. The maximum Gasteiger partial charge on any atom is 0.328 e. The molecule has 7 heteroatoms. The molecule has 0 saturated heterocycles. The first-order chi connectivity index (χ1) is 14.0. The van der Waals surface area contributed by atoms with Crippen LogP contribution in [-0.4, -0.2) is 15.0 Å². The van der Waals surface area contributed by atoms with Crippen LogP contribution in [0.1, 0.15) is 10.4 Å². The molecule has 0 aliphatic carbocycles. The average molecular weight is 424 g/mol. The number of halogens is 1. The van der Waals surface area contributed by atoms with Crippen molar-refractivity contribution in [2.24, 2.45) is 14.1 Å². The van der Waals surface area contributed by atoms with Gasteiger partial charge in [0.2, 0.25) is 0 Å². The molecule has 4 aromatic rings. The van der Waals surface area contributed by atoms with Crippen molar-refractivity contribution in [3.8, 4) is 0 Å². The zero-order valence-electron chi connectivity index (χ0n) is 15.8. The van der Waals surface area contributed by atoms with Crippen LogP contribution in [0.25, 0.3) is 11.0 Å². The Morgan fingerprint density at radius 2 is 1.52 bits per heavy atom. The number of carbonyl (C=O) groups excluding carboxylic acids is 1. The molecule has 146 valence electrons. The van der Waals surface area contributed by atoms with Crippen LogP contribution in [0.2, 0.25) is 5.02 Å². The van der Waals surface area contributed by atoms with Crippen LogP contribution in [0.3, 0.4) is 0 Å². The Hall–Kier alpha value is -2.96. The van der Waals surface area contributed by atoms with E-state index >= 15 is 0 Å². The Labute approximate surface area is 176 Å². The number of carbonyl (C=O) groups is 1. The molecule has 29 heavy (non-hydrogen) atoms. The van der Waals surface area contributed by atoms with Gasteiger partial charge in [-0.3, -0.25) is 13.9 Å². The van der Waals surface area contributed by atoms with Crippen molar-refractivity contribution in [3.63, 3.8) is 0 Å². The molecule has 0 saturated carbocycles. The molecule has 1 N–H and O–H groups in total. The molecule has 0 bridgehead atoms. The maximum absolute atomic E-state index is 12.8. The first-order valence-electron chi connectivity index (χ1n) is 8.94. The van der Waals surface area contributed by atoms with E-state index < -0.39 is 0 Å². The number of nitrogens with one attached hydrogen (secondary N) is 1. The summed E-state index contributed by atoms with van der Waals surface area (Å²) >= 11 is 7.78. The molecule has 1 amide bonds. The summed E-state index contributed by atoms with van der Waals surface area (Å²) < 4.78 is 3.16. The Morgan fingerprint density at radius 3 is 2.21 bits per heavy atom. The molecule has 0 aliphatic heterocycles. The van der Waals surface area contributed by atoms with Crippen LogP contribution < -0.4 is 11.0 Å². The standard InChI is InChI=1S/C22H18ClN3O2S/c1-25-17-12-16(24-21(27)14-8-4-3-5-9-14)20(13-18(17)26(2)22(25)28)29-19-11-7-6-10-15(19)23/h3-13H,1-2H3,(H,24,27). The van der Waals surface area contributed by atoms with Gasteiger partial charge in [-0.1, -0.05) is 53.7 Å². The monoisotopic (exact) mass is 423 g/mol. The van der Waals surface area contributed by atoms with E-state index in [0.717, 1.165) is 20.8 Å². The quantitative estimate of drug-likeness (QED) is 0.506. The van der Waals surface area contributed by atoms with Gasteiger partial charge in [0.1, 0.15) is 0 Å². The topological polar surface area (TPSA) is 56.0 Å². The van der Waals surface area contributed by atoms with Gasteiger partial charge in [-0.2, -0.15) is 0 Å². The van der Waals surface area contributed by atoms with Crippen molar-refractivity contribution >= 4 is 46.0 Å². The minimum atomic E-state index is -0.216. The number of amides is 1. The fourth-order valence-corrected chi connectivity index (χ4v) is 4.33. The van der Waals surface area contributed by atoms with Crippen LogP contribution in [-0.2, 0) is 14.1 Å². The number of nitrogens with zero attached hydrogens (tertiary/aromatic N) is 2. The minimum Gasteiger partial charge on any atom is -0.321 e. The zero-order chi connectivity index (χ0) is 20.5. The third-order valence-corrected chi connectivity index (χ3v) is 6.29. The Balaban J connectivity index is 1.84. The second-order valence-corrected chi connectivity index (χ2v) is 8.08. The Bertz CT molecular complexity index is 1280. The molecule has 0 aliphatic rings. The lowest BCUT2D eigenvalue weighted by Crippen LogP contribution is -2.19. The van der Waals surface area contributed by atoms with E-state index in [9.17, 15) is 9.59 Å².